The summed E-state index contributed by atoms with van der Waals surface area (Å²) in [5, 5.41) is 11.9. The number of fused-ring (bicyclic) bond motifs is 1. The van der Waals surface area contributed by atoms with Gasteiger partial charge in [0, 0.05) is 24.5 Å². The van der Waals surface area contributed by atoms with Gasteiger partial charge in [-0.05, 0) is 35.7 Å². The zero-order chi connectivity index (χ0) is 19.7. The lowest BCUT2D eigenvalue weighted by Gasteiger charge is -2.06. The van der Waals surface area contributed by atoms with Crippen molar-refractivity contribution in [1.29, 1.82) is 0 Å². The standard InChI is InChI=1S/C21H16FN5O/c1-27-20(9-7-13-4-2-3-5-18(13)22)17(12-24-27)14-6-8-15-16(10-14)19(11-23)25-26-21(15)28/h2-6,8,10,12H,11,23H2,1H3,(H,26,28). The molecule has 2 aromatic heterocycles. The van der Waals surface area contributed by atoms with Crippen LogP contribution in [0.4, 0.5) is 4.39 Å². The number of H-pyrrole nitrogens is 1. The van der Waals surface area contributed by atoms with Gasteiger partial charge in [-0.2, -0.15) is 10.2 Å². The molecule has 28 heavy (non-hydrogen) atoms. The van der Waals surface area contributed by atoms with E-state index in [1.165, 1.54) is 6.07 Å². The summed E-state index contributed by atoms with van der Waals surface area (Å²) < 4.78 is 15.5. The zero-order valence-corrected chi connectivity index (χ0v) is 15.0. The first-order valence-electron chi connectivity index (χ1n) is 8.59. The second-order valence-electron chi connectivity index (χ2n) is 6.22. The molecule has 4 aromatic rings. The van der Waals surface area contributed by atoms with E-state index in [1.54, 1.807) is 42.2 Å². The summed E-state index contributed by atoms with van der Waals surface area (Å²) in [5.41, 5.74) is 8.62. The van der Waals surface area contributed by atoms with Crippen LogP contribution in [-0.2, 0) is 13.6 Å². The molecule has 0 aliphatic carbocycles. The van der Waals surface area contributed by atoms with E-state index in [0.29, 0.717) is 27.7 Å². The monoisotopic (exact) mass is 373 g/mol. The summed E-state index contributed by atoms with van der Waals surface area (Å²) in [6.45, 7) is 0.198. The van der Waals surface area contributed by atoms with Crippen LogP contribution in [0, 0.1) is 17.7 Å². The highest BCUT2D eigenvalue weighted by Gasteiger charge is 2.12. The number of nitrogens with two attached hydrogens (primary N) is 1. The first-order valence-corrected chi connectivity index (χ1v) is 8.59. The molecule has 6 nitrogen and oxygen atoms in total. The second kappa shape index (κ2) is 7.10. The van der Waals surface area contributed by atoms with Gasteiger partial charge in [0.2, 0.25) is 0 Å². The van der Waals surface area contributed by atoms with Gasteiger partial charge in [-0.1, -0.05) is 24.1 Å². The molecular weight excluding hydrogens is 357 g/mol. The molecule has 0 aliphatic heterocycles. The Morgan fingerprint density at radius 2 is 2.00 bits per heavy atom. The van der Waals surface area contributed by atoms with Gasteiger partial charge in [0.1, 0.15) is 11.5 Å². The Labute approximate surface area is 159 Å². The minimum Gasteiger partial charge on any atom is -0.325 e. The largest absolute Gasteiger partial charge is 0.325 e. The molecule has 0 saturated heterocycles. The third-order valence-electron chi connectivity index (χ3n) is 4.50. The van der Waals surface area contributed by atoms with E-state index in [-0.39, 0.29) is 17.9 Å². The Morgan fingerprint density at radius 1 is 1.18 bits per heavy atom. The van der Waals surface area contributed by atoms with Crippen molar-refractivity contribution in [3.63, 3.8) is 0 Å². The number of nitrogens with one attached hydrogen (secondary N) is 1. The van der Waals surface area contributed by atoms with Crippen LogP contribution in [0.25, 0.3) is 21.9 Å². The van der Waals surface area contributed by atoms with Gasteiger partial charge >= 0.3 is 0 Å². The first kappa shape index (κ1) is 17.6. The quantitative estimate of drug-likeness (QED) is 0.528. The van der Waals surface area contributed by atoms with Crippen molar-refractivity contribution in [1.82, 2.24) is 20.0 Å². The highest BCUT2D eigenvalue weighted by Crippen LogP contribution is 2.26. The number of halogens is 1. The molecule has 0 atom stereocenters. The average Bonchev–Trinajstić information content (AvgIpc) is 3.08. The van der Waals surface area contributed by atoms with Gasteiger partial charge in [-0.25, -0.2) is 9.49 Å². The van der Waals surface area contributed by atoms with Gasteiger partial charge < -0.3 is 5.73 Å². The summed E-state index contributed by atoms with van der Waals surface area (Å²) in [4.78, 5) is 12.0. The number of hydrogen-bond donors (Lipinski definition) is 2. The second-order valence-corrected chi connectivity index (χ2v) is 6.22. The van der Waals surface area contributed by atoms with Crippen molar-refractivity contribution in [2.24, 2.45) is 12.8 Å². The molecule has 138 valence electrons. The minimum atomic E-state index is -0.373. The number of rotatable bonds is 2. The minimum absolute atomic E-state index is 0.198. The summed E-state index contributed by atoms with van der Waals surface area (Å²) in [6.07, 6.45) is 1.69. The van der Waals surface area contributed by atoms with Crippen LogP contribution in [-0.4, -0.2) is 20.0 Å². The van der Waals surface area contributed by atoms with Crippen LogP contribution in [0.2, 0.25) is 0 Å². The summed E-state index contributed by atoms with van der Waals surface area (Å²) in [6, 6.07) is 11.8. The highest BCUT2D eigenvalue weighted by atomic mass is 19.1. The number of aromatic amines is 1. The molecule has 0 amide bonds. The van der Waals surface area contributed by atoms with Crippen LogP contribution in [0.3, 0.4) is 0 Å². The predicted molar refractivity (Wildman–Crippen MR) is 105 cm³/mol. The van der Waals surface area contributed by atoms with Crippen molar-refractivity contribution >= 4 is 10.8 Å². The molecule has 2 aromatic carbocycles. The predicted octanol–water partition coefficient (Wildman–Crippen LogP) is 2.32. The van der Waals surface area contributed by atoms with E-state index in [0.717, 1.165) is 11.1 Å². The van der Waals surface area contributed by atoms with Crippen molar-refractivity contribution in [3.05, 3.63) is 81.8 Å². The van der Waals surface area contributed by atoms with Crippen LogP contribution >= 0.6 is 0 Å². The van der Waals surface area contributed by atoms with E-state index in [2.05, 4.69) is 27.1 Å². The molecule has 3 N–H and O–H groups in total. The van der Waals surface area contributed by atoms with E-state index in [4.69, 9.17) is 5.73 Å². The number of aromatic nitrogens is 4. The third-order valence-corrected chi connectivity index (χ3v) is 4.50. The van der Waals surface area contributed by atoms with E-state index < -0.39 is 0 Å². The van der Waals surface area contributed by atoms with E-state index in [9.17, 15) is 9.18 Å². The number of nitrogens with zero attached hydrogens (tertiary/aromatic N) is 3. The fourth-order valence-electron chi connectivity index (χ4n) is 3.03. The van der Waals surface area contributed by atoms with Crippen molar-refractivity contribution in [2.45, 2.75) is 6.54 Å². The van der Waals surface area contributed by atoms with E-state index in [1.807, 2.05) is 12.1 Å². The average molecular weight is 373 g/mol. The summed E-state index contributed by atoms with van der Waals surface area (Å²) >= 11 is 0. The molecule has 0 fully saturated rings. The van der Waals surface area contributed by atoms with Crippen LogP contribution < -0.4 is 11.3 Å². The first-order chi connectivity index (χ1) is 13.6. The number of hydrogen-bond acceptors (Lipinski definition) is 4. The summed E-state index contributed by atoms with van der Waals surface area (Å²) in [7, 11) is 1.77. The van der Waals surface area contributed by atoms with Gasteiger partial charge in [0.25, 0.3) is 5.56 Å². The fourth-order valence-corrected chi connectivity index (χ4v) is 3.03. The molecule has 0 bridgehead atoms. The molecule has 2 heterocycles. The van der Waals surface area contributed by atoms with Crippen LogP contribution in [0.1, 0.15) is 17.0 Å². The number of aryl methyl sites for hydroxylation is 1. The lowest BCUT2D eigenvalue weighted by Crippen LogP contribution is -2.13. The zero-order valence-electron chi connectivity index (χ0n) is 15.0. The molecule has 4 rings (SSSR count). The van der Waals surface area contributed by atoms with Gasteiger partial charge in [-0.3, -0.25) is 9.48 Å². The van der Waals surface area contributed by atoms with Crippen molar-refractivity contribution < 1.29 is 4.39 Å². The lowest BCUT2D eigenvalue weighted by atomic mass is 10.0. The maximum atomic E-state index is 13.9. The normalized spacial score (nSPS) is 10.7. The smallest absolute Gasteiger partial charge is 0.272 e. The highest BCUT2D eigenvalue weighted by molar-refractivity contribution is 5.89. The third kappa shape index (κ3) is 3.06. The maximum Gasteiger partial charge on any atom is 0.272 e. The molecular formula is C21H16FN5O. The maximum absolute atomic E-state index is 13.9. The molecule has 0 unspecified atom stereocenters. The molecule has 0 spiro atoms. The topological polar surface area (TPSA) is 89.6 Å². The van der Waals surface area contributed by atoms with Gasteiger partial charge in [0.05, 0.1) is 22.8 Å². The Morgan fingerprint density at radius 3 is 2.79 bits per heavy atom. The molecule has 0 radical (unpaired) electrons. The Kier molecular flexibility index (Phi) is 4.47. The van der Waals surface area contributed by atoms with Crippen molar-refractivity contribution in [2.75, 3.05) is 0 Å². The van der Waals surface area contributed by atoms with Crippen LogP contribution in [0.15, 0.2) is 53.5 Å². The number of benzene rings is 2. The summed E-state index contributed by atoms with van der Waals surface area (Å²) in [5.74, 6) is 5.50. The van der Waals surface area contributed by atoms with Crippen molar-refractivity contribution in [3.8, 4) is 23.0 Å². The Bertz CT molecular complexity index is 1310. The van der Waals surface area contributed by atoms with E-state index >= 15 is 0 Å². The molecule has 0 saturated carbocycles. The lowest BCUT2D eigenvalue weighted by molar-refractivity contribution is 0.624. The SMILES string of the molecule is Cn1ncc(-c2ccc3c(=O)[nH]nc(CN)c3c2)c1C#Cc1ccccc1F. The van der Waals surface area contributed by atoms with Gasteiger partial charge in [-0.15, -0.1) is 0 Å². The molecule has 0 aliphatic rings. The Balaban J connectivity index is 1.86. The Hall–Kier alpha value is -3.76. The van der Waals surface area contributed by atoms with Gasteiger partial charge in [0.15, 0.2) is 0 Å². The van der Waals surface area contributed by atoms with Crippen LogP contribution in [0.5, 0.6) is 0 Å². The molecule has 7 heteroatoms. The fraction of sp³-hybridized carbons (Fsp3) is 0.0952.